The van der Waals surface area contributed by atoms with Gasteiger partial charge in [0.15, 0.2) is 0 Å². The second-order valence-electron chi connectivity index (χ2n) is 4.36. The van der Waals surface area contributed by atoms with E-state index in [0.717, 1.165) is 0 Å². The molecule has 116 valence electrons. The van der Waals surface area contributed by atoms with Crippen LogP contribution in [0, 0.1) is 5.41 Å². The molecular formula is C9H19K3NO8P. The molecule has 13 heteroatoms. The molecule has 0 aromatic rings. The molecule has 1 atom stereocenters. The molecule has 0 heterocycles. The van der Waals surface area contributed by atoms with Crippen LogP contribution >= 0.6 is 7.82 Å². The second-order valence-corrected chi connectivity index (χ2v) is 5.26. The van der Waals surface area contributed by atoms with Gasteiger partial charge < -0.3 is 39.9 Å². The molecule has 0 bridgehead atoms. The van der Waals surface area contributed by atoms with E-state index in [0.29, 0.717) is 13.0 Å². The van der Waals surface area contributed by atoms with Crippen LogP contribution in [0.5, 0.6) is 0 Å². The molecule has 1 amide bonds. The van der Waals surface area contributed by atoms with Gasteiger partial charge in [-0.25, -0.2) is 0 Å². The first-order valence-corrected chi connectivity index (χ1v) is 6.82. The van der Waals surface area contributed by atoms with Crippen molar-refractivity contribution in [2.75, 3.05) is 19.8 Å². The van der Waals surface area contributed by atoms with Crippen LogP contribution in [0.2, 0.25) is 0 Å². The van der Waals surface area contributed by atoms with E-state index >= 15 is 0 Å². The zero-order chi connectivity index (χ0) is 15.7. The monoisotopic (exact) mass is 417 g/mol. The van der Waals surface area contributed by atoms with Crippen LogP contribution in [-0.2, 0) is 9.36 Å². The molecule has 4 N–H and O–H groups in total. The van der Waals surface area contributed by atoms with E-state index in [1.807, 2.05) is 0 Å². The number of hydrogen-bond donors (Lipinski definition) is 4. The Labute approximate surface area is 257 Å². The van der Waals surface area contributed by atoms with Crippen molar-refractivity contribution in [3.05, 3.63) is 0 Å². The molecule has 0 aromatic carbocycles. The SMILES string of the molecule is CC(C)(CO)[C@@H](O)C(=O)NCCCO.O=P([O-])([O-])[O-].[K+].[K+].[K+]. The Morgan fingerprint density at radius 1 is 1.18 bits per heavy atom. The predicted octanol–water partition coefficient (Wildman–Crippen LogP) is -12.9. The number of amides is 1. The van der Waals surface area contributed by atoms with Crippen molar-refractivity contribution < 1.29 is 194 Å². The first-order chi connectivity index (χ1) is 8.45. The maximum Gasteiger partial charge on any atom is 1.00 e. The van der Waals surface area contributed by atoms with E-state index in [2.05, 4.69) is 5.32 Å². The maximum atomic E-state index is 11.3. The molecule has 0 unspecified atom stereocenters. The van der Waals surface area contributed by atoms with Gasteiger partial charge in [-0.15, -0.1) is 0 Å². The number of carbonyl (C=O) groups excluding carboxylic acids is 1. The summed E-state index contributed by atoms with van der Waals surface area (Å²) in [6, 6.07) is 0. The smallest absolute Gasteiger partial charge is 0.822 e. The van der Waals surface area contributed by atoms with Crippen LogP contribution in [0.3, 0.4) is 0 Å². The van der Waals surface area contributed by atoms with E-state index in [1.54, 1.807) is 13.8 Å². The van der Waals surface area contributed by atoms with Crippen LogP contribution in [0.4, 0.5) is 0 Å². The van der Waals surface area contributed by atoms with Crippen molar-refractivity contribution in [1.82, 2.24) is 5.32 Å². The molecule has 0 aliphatic carbocycles. The molecule has 0 aromatic heterocycles. The Hall–Kier alpha value is 4.37. The zero-order valence-corrected chi connectivity index (χ0v) is 24.0. The Balaban J connectivity index is -0.000000105. The number of rotatable bonds is 6. The molecular weight excluding hydrogens is 398 g/mol. The van der Waals surface area contributed by atoms with Gasteiger partial charge in [0.25, 0.3) is 0 Å². The standard InChI is InChI=1S/C9H19NO4.3K.H3O4P/c1-9(2,6-12)7(13)8(14)10-4-3-5-11;;;;1-5(2,3)4/h7,11-13H,3-6H2,1-2H3,(H,10,14);;;;(H3,1,2,3,4)/q;3*+1;/p-3/t7-;;;;/m0..../s1. The molecule has 0 radical (unpaired) electrons. The summed E-state index contributed by atoms with van der Waals surface area (Å²) in [6.07, 6.45) is -0.774. The summed E-state index contributed by atoms with van der Waals surface area (Å²) >= 11 is 0. The first kappa shape index (κ1) is 37.2. The molecule has 22 heavy (non-hydrogen) atoms. The minimum atomic E-state index is -5.39. The normalized spacial score (nSPS) is 11.5. The van der Waals surface area contributed by atoms with Gasteiger partial charge in [0.05, 0.1) is 6.61 Å². The van der Waals surface area contributed by atoms with Gasteiger partial charge in [-0.1, -0.05) is 13.8 Å². The van der Waals surface area contributed by atoms with Crippen LogP contribution in [0.1, 0.15) is 20.3 Å². The van der Waals surface area contributed by atoms with Crippen LogP contribution in [0.25, 0.3) is 0 Å². The molecule has 0 aliphatic rings. The van der Waals surface area contributed by atoms with Crippen molar-refractivity contribution in [2.24, 2.45) is 5.41 Å². The number of carbonyl (C=O) groups is 1. The molecule has 0 spiro atoms. The fourth-order valence-corrected chi connectivity index (χ4v) is 0.829. The van der Waals surface area contributed by atoms with Crippen molar-refractivity contribution in [3.63, 3.8) is 0 Å². The molecule has 0 aliphatic heterocycles. The maximum absolute atomic E-state index is 11.3. The van der Waals surface area contributed by atoms with Gasteiger partial charge in [0.2, 0.25) is 5.91 Å². The number of aliphatic hydroxyl groups excluding tert-OH is 3. The number of hydrogen-bond acceptors (Lipinski definition) is 8. The van der Waals surface area contributed by atoms with Gasteiger partial charge in [-0.2, -0.15) is 7.82 Å². The fraction of sp³-hybridized carbons (Fsp3) is 0.889. The Bertz CT molecular complexity index is 307. The summed E-state index contributed by atoms with van der Waals surface area (Å²) in [4.78, 5) is 36.9. The summed E-state index contributed by atoms with van der Waals surface area (Å²) in [7, 11) is -5.39. The third-order valence-electron chi connectivity index (χ3n) is 2.03. The van der Waals surface area contributed by atoms with Crippen molar-refractivity contribution in [1.29, 1.82) is 0 Å². The minimum absolute atomic E-state index is 0. The summed E-state index contributed by atoms with van der Waals surface area (Å²) in [5, 5.41) is 29.3. The van der Waals surface area contributed by atoms with Crippen LogP contribution in [0.15, 0.2) is 0 Å². The summed E-state index contributed by atoms with van der Waals surface area (Å²) in [5.41, 5.74) is -0.844. The Morgan fingerprint density at radius 3 is 1.82 bits per heavy atom. The predicted molar refractivity (Wildman–Crippen MR) is 59.2 cm³/mol. The van der Waals surface area contributed by atoms with Gasteiger partial charge in [0, 0.05) is 18.6 Å². The number of nitrogens with one attached hydrogen (secondary N) is 1. The molecule has 0 rings (SSSR count). The first-order valence-electron chi connectivity index (χ1n) is 5.36. The average Bonchev–Trinajstić information content (AvgIpc) is 2.26. The Kier molecular flexibility index (Phi) is 34.0. The summed E-state index contributed by atoms with van der Waals surface area (Å²) < 4.78 is 8.55. The molecule has 0 fully saturated rings. The Morgan fingerprint density at radius 2 is 1.55 bits per heavy atom. The van der Waals surface area contributed by atoms with Crippen molar-refractivity contribution >= 4 is 13.7 Å². The number of aliphatic hydroxyl groups is 3. The van der Waals surface area contributed by atoms with Crippen molar-refractivity contribution in [3.8, 4) is 0 Å². The molecule has 9 nitrogen and oxygen atoms in total. The second kappa shape index (κ2) is 20.1. The zero-order valence-electron chi connectivity index (χ0n) is 13.7. The van der Waals surface area contributed by atoms with E-state index in [-0.39, 0.29) is 167 Å². The van der Waals surface area contributed by atoms with Crippen LogP contribution < -0.4 is 174 Å². The van der Waals surface area contributed by atoms with Gasteiger partial charge in [-0.05, 0) is 6.42 Å². The minimum Gasteiger partial charge on any atom is -0.822 e. The third kappa shape index (κ3) is 26.6. The van der Waals surface area contributed by atoms with E-state index in [4.69, 9.17) is 29.5 Å². The topological polar surface area (TPSA) is 176 Å². The third-order valence-corrected chi connectivity index (χ3v) is 2.03. The van der Waals surface area contributed by atoms with E-state index in [1.165, 1.54) is 0 Å². The van der Waals surface area contributed by atoms with Crippen LogP contribution in [-0.4, -0.2) is 47.1 Å². The summed E-state index contributed by atoms with van der Waals surface area (Å²) in [6.45, 7) is 3.27. The van der Waals surface area contributed by atoms with Gasteiger partial charge in [-0.3, -0.25) is 4.79 Å². The average molecular weight is 418 g/mol. The summed E-state index contributed by atoms with van der Waals surface area (Å²) in [5.74, 6) is -0.516. The van der Waals surface area contributed by atoms with Crippen molar-refractivity contribution in [2.45, 2.75) is 26.4 Å². The fourth-order valence-electron chi connectivity index (χ4n) is 0.829. The van der Waals surface area contributed by atoms with Gasteiger partial charge in [0.1, 0.15) is 6.10 Å². The number of phosphoric acid groups is 1. The molecule has 0 saturated carbocycles. The quantitative estimate of drug-likeness (QED) is 0.187. The van der Waals surface area contributed by atoms with E-state index < -0.39 is 25.2 Å². The van der Waals surface area contributed by atoms with Gasteiger partial charge >= 0.3 is 154 Å². The van der Waals surface area contributed by atoms with E-state index in [9.17, 15) is 9.90 Å². The largest absolute Gasteiger partial charge is 1.00 e. The molecule has 0 saturated heterocycles.